The van der Waals surface area contributed by atoms with Crippen molar-refractivity contribution in [3.05, 3.63) is 52.6 Å². The Bertz CT molecular complexity index is 1300. The molecule has 0 radical (unpaired) electrons. The van der Waals surface area contributed by atoms with Crippen LogP contribution in [-0.4, -0.2) is 62.5 Å². The molecule has 0 spiro atoms. The van der Waals surface area contributed by atoms with Gasteiger partial charge in [0.25, 0.3) is 5.91 Å². The molecule has 2 aromatic rings. The molecule has 8 heteroatoms. The van der Waals surface area contributed by atoms with Crippen molar-refractivity contribution >= 4 is 28.3 Å². The molecular formula is C30H40N4O4. The topological polar surface area (TPSA) is 95.8 Å². The number of aryl methyl sites for hydroxylation is 1. The van der Waals surface area contributed by atoms with Crippen molar-refractivity contribution in [1.82, 2.24) is 15.5 Å². The first-order valence-electron chi connectivity index (χ1n) is 13.7. The van der Waals surface area contributed by atoms with Crippen LogP contribution in [0.2, 0.25) is 0 Å². The molecule has 0 saturated heterocycles. The average Bonchev–Trinajstić information content (AvgIpc) is 3.30. The average molecular weight is 521 g/mol. The van der Waals surface area contributed by atoms with Crippen LogP contribution in [0.3, 0.4) is 0 Å². The SMILES string of the molecule is COC1=C2[C@H](CNC(=O)c3c(C)ccc4occ(N[C@H](C)C5CCC(N(C)C)CC5)c34)C(=O)[C@@H]2NC(C)=C1. The molecule has 2 aliphatic carbocycles. The molecule has 1 aromatic heterocycles. The third-order valence-corrected chi connectivity index (χ3v) is 8.74. The summed E-state index contributed by atoms with van der Waals surface area (Å²) in [4.78, 5) is 28.7. The van der Waals surface area contributed by atoms with Gasteiger partial charge in [0, 0.05) is 29.9 Å². The second-order valence-electron chi connectivity index (χ2n) is 11.3. The minimum Gasteiger partial charge on any atom is -0.497 e. The first-order valence-corrected chi connectivity index (χ1v) is 13.7. The minimum atomic E-state index is -0.394. The number of carbonyl (C=O) groups is 2. The molecule has 1 aromatic carbocycles. The summed E-state index contributed by atoms with van der Waals surface area (Å²) in [5, 5.41) is 10.7. The molecule has 5 rings (SSSR count). The van der Waals surface area contributed by atoms with Crippen LogP contribution in [0.25, 0.3) is 11.0 Å². The fourth-order valence-corrected chi connectivity index (χ4v) is 6.41. The maximum atomic E-state index is 13.6. The highest BCUT2D eigenvalue weighted by atomic mass is 16.5. The number of dihydropyridines is 1. The molecule has 3 atom stereocenters. The maximum absolute atomic E-state index is 13.6. The number of methoxy groups -OCH3 is 1. The van der Waals surface area contributed by atoms with Crippen LogP contribution in [0.4, 0.5) is 5.69 Å². The molecule has 2 heterocycles. The number of anilines is 1. The molecule has 1 aliphatic heterocycles. The van der Waals surface area contributed by atoms with E-state index in [-0.39, 0.29) is 30.3 Å². The van der Waals surface area contributed by atoms with Crippen molar-refractivity contribution in [1.29, 1.82) is 0 Å². The van der Waals surface area contributed by atoms with Crippen LogP contribution in [0.1, 0.15) is 55.5 Å². The smallest absolute Gasteiger partial charge is 0.252 e. The highest BCUT2D eigenvalue weighted by Crippen LogP contribution is 2.38. The van der Waals surface area contributed by atoms with E-state index in [2.05, 4.69) is 41.9 Å². The lowest BCUT2D eigenvalue weighted by molar-refractivity contribution is -0.127. The molecule has 3 aliphatic rings. The largest absolute Gasteiger partial charge is 0.497 e. The Labute approximate surface area is 224 Å². The van der Waals surface area contributed by atoms with Gasteiger partial charge in [-0.1, -0.05) is 6.07 Å². The molecule has 38 heavy (non-hydrogen) atoms. The number of hydrogen-bond donors (Lipinski definition) is 3. The van der Waals surface area contributed by atoms with Gasteiger partial charge in [0.15, 0.2) is 5.78 Å². The number of rotatable bonds is 8. The van der Waals surface area contributed by atoms with Crippen LogP contribution < -0.4 is 16.0 Å². The quantitative estimate of drug-likeness (QED) is 0.476. The Hall–Kier alpha value is -3.26. The fraction of sp³-hybridized carbons (Fsp3) is 0.533. The Morgan fingerprint density at radius 1 is 1.21 bits per heavy atom. The Morgan fingerprint density at radius 3 is 2.63 bits per heavy atom. The number of nitrogens with zero attached hydrogens (tertiary/aromatic N) is 1. The monoisotopic (exact) mass is 520 g/mol. The van der Waals surface area contributed by atoms with Gasteiger partial charge >= 0.3 is 0 Å². The van der Waals surface area contributed by atoms with Gasteiger partial charge in [0.2, 0.25) is 0 Å². The number of allylic oxidation sites excluding steroid dienone is 2. The lowest BCUT2D eigenvalue weighted by atomic mass is 9.71. The van der Waals surface area contributed by atoms with Crippen molar-refractivity contribution in [3.63, 3.8) is 0 Å². The summed E-state index contributed by atoms with van der Waals surface area (Å²) in [5.41, 5.74) is 4.77. The molecule has 2 saturated carbocycles. The molecule has 3 N–H and O–H groups in total. The first kappa shape index (κ1) is 26.4. The van der Waals surface area contributed by atoms with E-state index in [0.29, 0.717) is 28.9 Å². The summed E-state index contributed by atoms with van der Waals surface area (Å²) >= 11 is 0. The molecular weight excluding hydrogens is 480 g/mol. The Morgan fingerprint density at radius 2 is 1.95 bits per heavy atom. The number of furan rings is 1. The first-order chi connectivity index (χ1) is 18.2. The number of benzene rings is 1. The van der Waals surface area contributed by atoms with Crippen LogP contribution >= 0.6 is 0 Å². The number of Topliss-reactive ketones (excluding diaryl/α,β-unsaturated/α-hetero) is 1. The van der Waals surface area contributed by atoms with E-state index in [9.17, 15) is 9.59 Å². The van der Waals surface area contributed by atoms with E-state index in [1.54, 1.807) is 13.4 Å². The summed E-state index contributed by atoms with van der Waals surface area (Å²) in [6.07, 6.45) is 8.39. The van der Waals surface area contributed by atoms with Gasteiger partial charge < -0.3 is 30.0 Å². The van der Waals surface area contributed by atoms with Gasteiger partial charge in [0.1, 0.15) is 23.6 Å². The van der Waals surface area contributed by atoms with Crippen molar-refractivity contribution < 1.29 is 18.7 Å². The van der Waals surface area contributed by atoms with Crippen LogP contribution in [0.5, 0.6) is 0 Å². The second kappa shape index (κ2) is 10.5. The predicted molar refractivity (Wildman–Crippen MR) is 149 cm³/mol. The zero-order chi connectivity index (χ0) is 27.1. The zero-order valence-electron chi connectivity index (χ0n) is 23.3. The number of fused-ring (bicyclic) bond motifs is 2. The van der Waals surface area contributed by atoms with Crippen molar-refractivity contribution in [2.75, 3.05) is 33.1 Å². The van der Waals surface area contributed by atoms with E-state index in [1.165, 1.54) is 25.7 Å². The molecule has 204 valence electrons. The van der Waals surface area contributed by atoms with E-state index < -0.39 is 5.92 Å². The summed E-state index contributed by atoms with van der Waals surface area (Å²) in [7, 11) is 5.94. The standard InChI is InChI=1S/C30H40N4O4/c1-16-7-12-23-27(22(15-38-23)33-18(3)19-8-10-20(11-9-19)34(4)5)25(16)30(36)31-14-21-26-24(37-6)13-17(2)32-28(26)29(21)35/h7,12-13,15,18-21,28,32-33H,8-11,14H2,1-6H3,(H,31,36)/t18-,19?,20?,21+,28-/m1/s1. The third kappa shape index (κ3) is 4.70. The van der Waals surface area contributed by atoms with Crippen molar-refractivity contribution in [2.24, 2.45) is 11.8 Å². The third-order valence-electron chi connectivity index (χ3n) is 8.74. The van der Waals surface area contributed by atoms with Crippen molar-refractivity contribution in [3.8, 4) is 0 Å². The number of carbonyl (C=O) groups excluding carboxylic acids is 2. The van der Waals surface area contributed by atoms with Gasteiger partial charge in [-0.15, -0.1) is 0 Å². The minimum absolute atomic E-state index is 0.0701. The molecule has 0 unspecified atom stereocenters. The Kier molecular flexibility index (Phi) is 7.27. The molecule has 1 amide bonds. The fourth-order valence-electron chi connectivity index (χ4n) is 6.41. The van der Waals surface area contributed by atoms with Crippen LogP contribution in [0.15, 0.2) is 45.9 Å². The highest BCUT2D eigenvalue weighted by Gasteiger charge is 2.48. The van der Waals surface area contributed by atoms with E-state index in [0.717, 1.165) is 27.9 Å². The second-order valence-corrected chi connectivity index (χ2v) is 11.3. The number of ketones is 1. The van der Waals surface area contributed by atoms with E-state index >= 15 is 0 Å². The van der Waals surface area contributed by atoms with Gasteiger partial charge in [-0.05, 0) is 84.2 Å². The maximum Gasteiger partial charge on any atom is 0.252 e. The summed E-state index contributed by atoms with van der Waals surface area (Å²) < 4.78 is 11.4. The van der Waals surface area contributed by atoms with Gasteiger partial charge in [0.05, 0.1) is 29.7 Å². The highest BCUT2D eigenvalue weighted by molar-refractivity contribution is 6.12. The van der Waals surface area contributed by atoms with Gasteiger partial charge in [-0.2, -0.15) is 0 Å². The summed E-state index contributed by atoms with van der Waals surface area (Å²) in [5.74, 6) is 0.748. The molecule has 2 fully saturated rings. The zero-order valence-corrected chi connectivity index (χ0v) is 23.3. The van der Waals surface area contributed by atoms with E-state index in [1.807, 2.05) is 32.1 Å². The van der Waals surface area contributed by atoms with E-state index in [4.69, 9.17) is 9.15 Å². The number of hydrogen-bond acceptors (Lipinski definition) is 7. The normalized spacial score (nSPS) is 25.9. The van der Waals surface area contributed by atoms with Gasteiger partial charge in [-0.3, -0.25) is 9.59 Å². The molecule has 8 nitrogen and oxygen atoms in total. The van der Waals surface area contributed by atoms with Crippen LogP contribution in [0, 0.1) is 18.8 Å². The summed E-state index contributed by atoms with van der Waals surface area (Å²) in [6, 6.07) is 4.38. The Balaban J connectivity index is 1.32. The van der Waals surface area contributed by atoms with Gasteiger partial charge in [-0.25, -0.2) is 0 Å². The summed E-state index contributed by atoms with van der Waals surface area (Å²) in [6.45, 7) is 6.30. The van der Waals surface area contributed by atoms with Crippen LogP contribution in [-0.2, 0) is 9.53 Å². The number of ether oxygens (including phenoxy) is 1. The lowest BCUT2D eigenvalue weighted by Gasteiger charge is -2.41. The predicted octanol–water partition coefficient (Wildman–Crippen LogP) is 4.37. The van der Waals surface area contributed by atoms with Crippen molar-refractivity contribution in [2.45, 2.75) is 64.6 Å². The number of amides is 1. The lowest BCUT2D eigenvalue weighted by Crippen LogP contribution is -2.58. The number of nitrogens with one attached hydrogen (secondary N) is 3. The molecule has 0 bridgehead atoms.